The maximum absolute atomic E-state index is 13.1. The zero-order valence-corrected chi connectivity index (χ0v) is 14.8. The van der Waals surface area contributed by atoms with Gasteiger partial charge in [0.25, 0.3) is 0 Å². The highest BCUT2D eigenvalue weighted by atomic mass is 32.1. The van der Waals surface area contributed by atoms with Crippen molar-refractivity contribution in [3.8, 4) is 0 Å². The molecule has 1 atom stereocenters. The maximum Gasteiger partial charge on any atom is 0.193 e. The average Bonchev–Trinajstić information content (AvgIpc) is 2.54. The number of benzene rings is 2. The van der Waals surface area contributed by atoms with Crippen molar-refractivity contribution in [2.24, 2.45) is 0 Å². The molecule has 0 aliphatic carbocycles. The Morgan fingerprint density at radius 1 is 1.04 bits per heavy atom. The van der Waals surface area contributed by atoms with E-state index in [-0.39, 0.29) is 11.8 Å². The quantitative estimate of drug-likeness (QED) is 0.657. The number of nitrogens with one attached hydrogen (secondary N) is 2. The normalized spacial score (nSPS) is 17.3. The van der Waals surface area contributed by atoms with Crippen LogP contribution in [0, 0.1) is 13.8 Å². The molecule has 0 radical (unpaired) electrons. The van der Waals surface area contributed by atoms with Gasteiger partial charge in [-0.25, -0.2) is 0 Å². The van der Waals surface area contributed by atoms with Crippen LogP contribution in [0.4, 0.5) is 0 Å². The zero-order chi connectivity index (χ0) is 17.3. The third kappa shape index (κ3) is 3.10. The minimum atomic E-state index is -0.243. The number of thiocarbonyl (C=S) groups is 1. The fraction of sp³-hybridized carbons (Fsp3) is 0.200. The van der Waals surface area contributed by atoms with Gasteiger partial charge in [0.1, 0.15) is 0 Å². The highest BCUT2D eigenvalue weighted by Gasteiger charge is 2.31. The summed E-state index contributed by atoms with van der Waals surface area (Å²) in [7, 11) is 0. The van der Waals surface area contributed by atoms with Gasteiger partial charge in [-0.3, -0.25) is 4.79 Å². The van der Waals surface area contributed by atoms with Crippen molar-refractivity contribution in [3.63, 3.8) is 0 Å². The number of ketones is 1. The van der Waals surface area contributed by atoms with Crippen molar-refractivity contribution in [3.05, 3.63) is 82.1 Å². The number of Topliss-reactive ketones (excluding diaryl/α,β-unsaturated/α-hetero) is 1. The van der Waals surface area contributed by atoms with Gasteiger partial charge in [0.15, 0.2) is 10.9 Å². The SMILES string of the molecule is CC1=C(C(=O)c2ccccc2)[C@@H](c2ccc(C)cc2C)NC(=S)N1. The molecule has 0 spiro atoms. The molecule has 0 unspecified atom stereocenters. The van der Waals surface area contributed by atoms with Crippen LogP contribution in [0.15, 0.2) is 59.8 Å². The molecule has 4 heteroatoms. The van der Waals surface area contributed by atoms with Gasteiger partial charge >= 0.3 is 0 Å². The molecule has 1 heterocycles. The second-order valence-electron chi connectivity index (χ2n) is 6.13. The van der Waals surface area contributed by atoms with Crippen molar-refractivity contribution in [1.29, 1.82) is 0 Å². The molecule has 2 aromatic rings. The van der Waals surface area contributed by atoms with Crippen LogP contribution in [0.5, 0.6) is 0 Å². The molecule has 0 bridgehead atoms. The Kier molecular flexibility index (Phi) is 4.49. The fourth-order valence-corrected chi connectivity index (χ4v) is 3.39. The molecule has 122 valence electrons. The summed E-state index contributed by atoms with van der Waals surface area (Å²) in [6.45, 7) is 6.03. The second-order valence-corrected chi connectivity index (χ2v) is 6.53. The van der Waals surface area contributed by atoms with Gasteiger partial charge in [-0.2, -0.15) is 0 Å². The standard InChI is InChI=1S/C20H20N2OS/c1-12-9-10-16(13(2)11-12)18-17(14(3)21-20(24)22-18)19(23)15-7-5-4-6-8-15/h4-11,18H,1-3H3,(H2,21,22,24)/t18-/m1/s1. The summed E-state index contributed by atoms with van der Waals surface area (Å²) in [5, 5.41) is 6.90. The van der Waals surface area contributed by atoms with Crippen LogP contribution in [-0.2, 0) is 0 Å². The molecule has 0 amide bonds. The Hall–Kier alpha value is -2.46. The Labute approximate surface area is 147 Å². The van der Waals surface area contributed by atoms with Crippen LogP contribution in [0.2, 0.25) is 0 Å². The lowest BCUT2D eigenvalue weighted by Crippen LogP contribution is -2.45. The predicted molar refractivity (Wildman–Crippen MR) is 101 cm³/mol. The number of allylic oxidation sites excluding steroid dienone is 1. The lowest BCUT2D eigenvalue weighted by atomic mass is 9.87. The Balaban J connectivity index is 2.10. The summed E-state index contributed by atoms with van der Waals surface area (Å²) in [6, 6.07) is 15.4. The highest BCUT2D eigenvalue weighted by molar-refractivity contribution is 7.80. The first-order valence-electron chi connectivity index (χ1n) is 7.92. The maximum atomic E-state index is 13.1. The third-order valence-corrected chi connectivity index (χ3v) is 4.51. The fourth-order valence-electron chi connectivity index (χ4n) is 3.12. The molecular formula is C20H20N2OS. The van der Waals surface area contributed by atoms with Gasteiger partial charge in [-0.05, 0) is 44.1 Å². The monoisotopic (exact) mass is 336 g/mol. The van der Waals surface area contributed by atoms with Crippen molar-refractivity contribution < 1.29 is 4.79 Å². The summed E-state index contributed by atoms with van der Waals surface area (Å²) < 4.78 is 0. The second kappa shape index (κ2) is 6.57. The van der Waals surface area contributed by atoms with Crippen LogP contribution in [-0.4, -0.2) is 10.9 Å². The average molecular weight is 336 g/mol. The third-order valence-electron chi connectivity index (χ3n) is 4.29. The van der Waals surface area contributed by atoms with Crippen molar-refractivity contribution in [2.75, 3.05) is 0 Å². The van der Waals surface area contributed by atoms with Gasteiger partial charge in [0.05, 0.1) is 6.04 Å². The molecule has 0 aromatic heterocycles. The van der Waals surface area contributed by atoms with E-state index in [2.05, 4.69) is 42.7 Å². The number of carbonyl (C=O) groups excluding carboxylic acids is 1. The van der Waals surface area contributed by atoms with E-state index in [9.17, 15) is 4.79 Å². The van der Waals surface area contributed by atoms with Gasteiger partial charge in [0, 0.05) is 16.8 Å². The Bertz CT molecular complexity index is 840. The van der Waals surface area contributed by atoms with Crippen LogP contribution in [0.3, 0.4) is 0 Å². The minimum absolute atomic E-state index is 0.0144. The molecule has 2 aromatic carbocycles. The summed E-state index contributed by atoms with van der Waals surface area (Å²) in [6.07, 6.45) is 0. The summed E-state index contributed by atoms with van der Waals surface area (Å²) in [4.78, 5) is 13.1. The number of hydrogen-bond donors (Lipinski definition) is 2. The molecule has 1 aliphatic rings. The first-order valence-corrected chi connectivity index (χ1v) is 8.33. The molecule has 1 aliphatic heterocycles. The predicted octanol–water partition coefficient (Wildman–Crippen LogP) is 3.98. The van der Waals surface area contributed by atoms with E-state index in [1.54, 1.807) is 0 Å². The Morgan fingerprint density at radius 3 is 2.42 bits per heavy atom. The van der Waals surface area contributed by atoms with E-state index >= 15 is 0 Å². The molecule has 24 heavy (non-hydrogen) atoms. The molecule has 0 saturated carbocycles. The lowest BCUT2D eigenvalue weighted by molar-refractivity contribution is 0.102. The van der Waals surface area contributed by atoms with Crippen molar-refractivity contribution in [1.82, 2.24) is 10.6 Å². The molecule has 0 fully saturated rings. The van der Waals surface area contributed by atoms with Gasteiger partial charge in [0.2, 0.25) is 0 Å². The largest absolute Gasteiger partial charge is 0.351 e. The van der Waals surface area contributed by atoms with Crippen molar-refractivity contribution >= 4 is 23.1 Å². The topological polar surface area (TPSA) is 41.1 Å². The lowest BCUT2D eigenvalue weighted by Gasteiger charge is -2.31. The van der Waals surface area contributed by atoms with Gasteiger partial charge in [-0.1, -0.05) is 54.1 Å². The molecule has 3 nitrogen and oxygen atoms in total. The van der Waals surface area contributed by atoms with E-state index in [4.69, 9.17) is 12.2 Å². The van der Waals surface area contributed by atoms with Crippen LogP contribution in [0.1, 0.15) is 40.0 Å². The van der Waals surface area contributed by atoms with E-state index < -0.39 is 0 Å². The number of carbonyl (C=O) groups is 1. The van der Waals surface area contributed by atoms with Crippen LogP contribution in [0.25, 0.3) is 0 Å². The molecule has 0 saturated heterocycles. The first-order chi connectivity index (χ1) is 11.5. The molecule has 3 rings (SSSR count). The number of aryl methyl sites for hydroxylation is 2. The molecular weight excluding hydrogens is 316 g/mol. The summed E-state index contributed by atoms with van der Waals surface area (Å²) >= 11 is 5.32. The van der Waals surface area contributed by atoms with Gasteiger partial charge < -0.3 is 10.6 Å². The van der Waals surface area contributed by atoms with E-state index in [1.807, 2.05) is 37.3 Å². The van der Waals surface area contributed by atoms with E-state index in [0.29, 0.717) is 16.2 Å². The van der Waals surface area contributed by atoms with Crippen molar-refractivity contribution in [2.45, 2.75) is 26.8 Å². The minimum Gasteiger partial charge on any atom is -0.351 e. The Morgan fingerprint density at radius 2 is 1.75 bits per heavy atom. The van der Waals surface area contributed by atoms with E-state index in [0.717, 1.165) is 16.8 Å². The summed E-state index contributed by atoms with van der Waals surface area (Å²) in [5.41, 5.74) is 5.60. The number of rotatable bonds is 3. The zero-order valence-electron chi connectivity index (χ0n) is 14.0. The smallest absolute Gasteiger partial charge is 0.193 e. The molecule has 2 N–H and O–H groups in total. The number of hydrogen-bond acceptors (Lipinski definition) is 2. The highest BCUT2D eigenvalue weighted by Crippen LogP contribution is 2.31. The van der Waals surface area contributed by atoms with Crippen LogP contribution < -0.4 is 10.6 Å². The van der Waals surface area contributed by atoms with Crippen LogP contribution >= 0.6 is 12.2 Å². The van der Waals surface area contributed by atoms with E-state index in [1.165, 1.54) is 5.56 Å². The van der Waals surface area contributed by atoms with Gasteiger partial charge in [-0.15, -0.1) is 0 Å². The summed E-state index contributed by atoms with van der Waals surface area (Å²) in [5.74, 6) is 0.0144. The first kappa shape index (κ1) is 16.4.